The van der Waals surface area contributed by atoms with Crippen LogP contribution in [0.3, 0.4) is 0 Å². The lowest BCUT2D eigenvalue weighted by Gasteiger charge is -2.38. The minimum atomic E-state index is -3.33. The predicted octanol–water partition coefficient (Wildman–Crippen LogP) is 1.46. The van der Waals surface area contributed by atoms with Gasteiger partial charge in [0.15, 0.2) is 0 Å². The van der Waals surface area contributed by atoms with Gasteiger partial charge in [-0.2, -0.15) is 17.0 Å². The Morgan fingerprint density at radius 1 is 1.10 bits per heavy atom. The van der Waals surface area contributed by atoms with Crippen LogP contribution in [0, 0.1) is 11.8 Å². The molecule has 2 atom stereocenters. The number of ether oxygens (including phenoxy) is 1. The van der Waals surface area contributed by atoms with Crippen LogP contribution in [0.1, 0.15) is 39.5 Å². The first-order valence-corrected chi connectivity index (χ1v) is 9.25. The van der Waals surface area contributed by atoms with Gasteiger partial charge in [0.05, 0.1) is 12.7 Å². The molecule has 116 valence electrons. The molecule has 1 aliphatic heterocycles. The van der Waals surface area contributed by atoms with Crippen molar-refractivity contribution in [3.05, 3.63) is 0 Å². The van der Waals surface area contributed by atoms with Gasteiger partial charge < -0.3 is 4.74 Å². The quantitative estimate of drug-likeness (QED) is 0.746. The van der Waals surface area contributed by atoms with Crippen molar-refractivity contribution in [2.24, 2.45) is 11.8 Å². The number of nitrogens with zero attached hydrogens (tertiary/aromatic N) is 2. The molecule has 0 bridgehead atoms. The van der Waals surface area contributed by atoms with Crippen LogP contribution in [-0.4, -0.2) is 55.4 Å². The molecule has 1 saturated heterocycles. The molecule has 0 N–H and O–H groups in total. The van der Waals surface area contributed by atoms with E-state index < -0.39 is 10.2 Å². The van der Waals surface area contributed by atoms with Crippen LogP contribution >= 0.6 is 0 Å². The maximum absolute atomic E-state index is 13.0. The highest BCUT2D eigenvalue weighted by atomic mass is 32.2. The Morgan fingerprint density at radius 2 is 1.65 bits per heavy atom. The summed E-state index contributed by atoms with van der Waals surface area (Å²) in [5.74, 6) is 1.19. The molecule has 0 amide bonds. The Morgan fingerprint density at radius 3 is 2.15 bits per heavy atom. The second-order valence-corrected chi connectivity index (χ2v) is 8.66. The third-order valence-electron chi connectivity index (χ3n) is 4.49. The standard InChI is InChI=1S/C14H26N2O3S/c1-11-10-19-12(2)7-16(11)20(17,18)15(8-13-3-4-13)9-14-5-6-14/h11-14H,3-10H2,1-2H3/t11-,12+/m0/s1. The van der Waals surface area contributed by atoms with Crippen molar-refractivity contribution in [2.45, 2.75) is 51.7 Å². The molecule has 0 radical (unpaired) electrons. The topological polar surface area (TPSA) is 49.9 Å². The molecule has 0 unspecified atom stereocenters. The second kappa shape index (κ2) is 5.55. The van der Waals surface area contributed by atoms with Crippen LogP contribution < -0.4 is 0 Å². The molecular weight excluding hydrogens is 276 g/mol. The summed E-state index contributed by atoms with van der Waals surface area (Å²) in [5, 5.41) is 0. The normalized spacial score (nSPS) is 32.8. The van der Waals surface area contributed by atoms with Crippen molar-refractivity contribution in [3.8, 4) is 0 Å². The number of rotatable bonds is 6. The van der Waals surface area contributed by atoms with Gasteiger partial charge in [-0.15, -0.1) is 0 Å². The maximum atomic E-state index is 13.0. The van der Waals surface area contributed by atoms with E-state index in [-0.39, 0.29) is 12.1 Å². The first-order chi connectivity index (χ1) is 9.46. The molecule has 2 aliphatic carbocycles. The summed E-state index contributed by atoms with van der Waals surface area (Å²) >= 11 is 0. The van der Waals surface area contributed by atoms with Gasteiger partial charge in [0.25, 0.3) is 10.2 Å². The van der Waals surface area contributed by atoms with Crippen LogP contribution in [0.4, 0.5) is 0 Å². The lowest BCUT2D eigenvalue weighted by molar-refractivity contribution is -0.0191. The van der Waals surface area contributed by atoms with E-state index in [9.17, 15) is 8.42 Å². The van der Waals surface area contributed by atoms with Gasteiger partial charge in [-0.05, 0) is 51.4 Å². The lowest BCUT2D eigenvalue weighted by Crippen LogP contribution is -2.55. The zero-order valence-electron chi connectivity index (χ0n) is 12.5. The summed E-state index contributed by atoms with van der Waals surface area (Å²) in [5.41, 5.74) is 0. The van der Waals surface area contributed by atoms with Crippen LogP contribution in [-0.2, 0) is 14.9 Å². The summed E-state index contributed by atoms with van der Waals surface area (Å²) in [6.07, 6.45) is 4.74. The van der Waals surface area contributed by atoms with Gasteiger partial charge in [0, 0.05) is 25.7 Å². The minimum absolute atomic E-state index is 0.00956. The average Bonchev–Trinajstić information content (AvgIpc) is 3.25. The van der Waals surface area contributed by atoms with Crippen molar-refractivity contribution in [1.29, 1.82) is 0 Å². The number of hydrogen-bond donors (Lipinski definition) is 0. The second-order valence-electron chi connectivity index (χ2n) is 6.77. The molecule has 0 spiro atoms. The van der Waals surface area contributed by atoms with Gasteiger partial charge in [0.2, 0.25) is 0 Å². The molecule has 0 aromatic heterocycles. The fourth-order valence-electron chi connectivity index (χ4n) is 2.78. The zero-order valence-corrected chi connectivity index (χ0v) is 13.3. The van der Waals surface area contributed by atoms with Crippen molar-refractivity contribution >= 4 is 10.2 Å². The molecule has 6 heteroatoms. The van der Waals surface area contributed by atoms with Gasteiger partial charge in [-0.3, -0.25) is 0 Å². The molecule has 3 fully saturated rings. The highest BCUT2D eigenvalue weighted by Crippen LogP contribution is 2.35. The SMILES string of the molecule is C[C@@H]1CN(S(=O)(=O)N(CC2CC2)CC2CC2)[C@@H](C)CO1. The van der Waals surface area contributed by atoms with Crippen LogP contribution in [0.2, 0.25) is 0 Å². The van der Waals surface area contributed by atoms with Gasteiger partial charge >= 0.3 is 0 Å². The predicted molar refractivity (Wildman–Crippen MR) is 77.5 cm³/mol. The molecule has 0 aromatic carbocycles. The maximum Gasteiger partial charge on any atom is 0.282 e. The molecule has 3 aliphatic rings. The molecule has 5 nitrogen and oxygen atoms in total. The summed E-state index contributed by atoms with van der Waals surface area (Å²) < 4.78 is 34.9. The van der Waals surface area contributed by atoms with Crippen molar-refractivity contribution < 1.29 is 13.2 Å². The van der Waals surface area contributed by atoms with Crippen LogP contribution in [0.25, 0.3) is 0 Å². The molecule has 2 saturated carbocycles. The molecule has 1 heterocycles. The third kappa shape index (κ3) is 3.35. The Hall–Kier alpha value is -0.170. The van der Waals surface area contributed by atoms with Gasteiger partial charge in [-0.25, -0.2) is 0 Å². The Balaban J connectivity index is 1.74. The Labute approximate surface area is 122 Å². The van der Waals surface area contributed by atoms with Gasteiger partial charge in [-0.1, -0.05) is 0 Å². The van der Waals surface area contributed by atoms with E-state index in [2.05, 4.69) is 0 Å². The summed E-state index contributed by atoms with van der Waals surface area (Å²) in [4.78, 5) is 0. The first kappa shape index (κ1) is 14.8. The Bertz CT molecular complexity index is 431. The average molecular weight is 302 g/mol. The van der Waals surface area contributed by atoms with Crippen LogP contribution in [0.15, 0.2) is 0 Å². The van der Waals surface area contributed by atoms with Gasteiger partial charge in [0.1, 0.15) is 0 Å². The summed E-state index contributed by atoms with van der Waals surface area (Å²) in [6, 6.07) is -0.0582. The minimum Gasteiger partial charge on any atom is -0.375 e. The van der Waals surface area contributed by atoms with E-state index in [1.54, 1.807) is 8.61 Å². The van der Waals surface area contributed by atoms with E-state index in [1.165, 1.54) is 25.7 Å². The van der Waals surface area contributed by atoms with E-state index in [0.29, 0.717) is 25.0 Å². The first-order valence-electron chi connectivity index (χ1n) is 7.85. The highest BCUT2D eigenvalue weighted by molar-refractivity contribution is 7.86. The monoisotopic (exact) mass is 302 g/mol. The Kier molecular flexibility index (Phi) is 4.10. The molecule has 20 heavy (non-hydrogen) atoms. The number of morpholine rings is 1. The fraction of sp³-hybridized carbons (Fsp3) is 1.00. The molecule has 0 aromatic rings. The van der Waals surface area contributed by atoms with E-state index in [4.69, 9.17) is 4.74 Å². The number of hydrogen-bond acceptors (Lipinski definition) is 3. The lowest BCUT2D eigenvalue weighted by atomic mass is 10.2. The summed E-state index contributed by atoms with van der Waals surface area (Å²) in [6.45, 7) is 6.31. The summed E-state index contributed by atoms with van der Waals surface area (Å²) in [7, 11) is -3.33. The largest absolute Gasteiger partial charge is 0.375 e. The van der Waals surface area contributed by atoms with Crippen molar-refractivity contribution in [3.63, 3.8) is 0 Å². The smallest absolute Gasteiger partial charge is 0.282 e. The van der Waals surface area contributed by atoms with E-state index >= 15 is 0 Å². The highest BCUT2D eigenvalue weighted by Gasteiger charge is 2.41. The van der Waals surface area contributed by atoms with E-state index in [1.807, 2.05) is 13.8 Å². The third-order valence-corrected chi connectivity index (χ3v) is 6.54. The van der Waals surface area contributed by atoms with Crippen molar-refractivity contribution in [2.75, 3.05) is 26.2 Å². The zero-order chi connectivity index (χ0) is 14.3. The van der Waals surface area contributed by atoms with Crippen molar-refractivity contribution in [1.82, 2.24) is 8.61 Å². The molecular formula is C14H26N2O3S. The fourth-order valence-corrected chi connectivity index (χ4v) is 4.79. The van der Waals surface area contributed by atoms with Crippen LogP contribution in [0.5, 0.6) is 0 Å². The van der Waals surface area contributed by atoms with E-state index in [0.717, 1.165) is 13.1 Å². The molecule has 3 rings (SSSR count).